The van der Waals surface area contributed by atoms with Gasteiger partial charge in [-0.1, -0.05) is 12.1 Å². The molecular weight excluding hydrogens is 445 g/mol. The predicted octanol–water partition coefficient (Wildman–Crippen LogP) is 3.35. The van der Waals surface area contributed by atoms with Crippen LogP contribution in [-0.2, 0) is 17.9 Å². The molecule has 1 fully saturated rings. The van der Waals surface area contributed by atoms with Gasteiger partial charge in [0.1, 0.15) is 29.8 Å². The molecule has 0 aliphatic carbocycles. The first-order chi connectivity index (χ1) is 16.1. The first-order valence-corrected chi connectivity index (χ1v) is 11.7. The van der Waals surface area contributed by atoms with Crippen LogP contribution in [0, 0.1) is 5.82 Å². The third-order valence-electron chi connectivity index (χ3n) is 5.63. The van der Waals surface area contributed by atoms with Crippen LogP contribution in [0.5, 0.6) is 17.2 Å². The molecule has 2 aromatic carbocycles. The number of benzene rings is 2. The number of hydrogen-bond donors (Lipinski definition) is 0. The van der Waals surface area contributed by atoms with Crippen LogP contribution in [0.2, 0.25) is 0 Å². The first-order valence-electron chi connectivity index (χ1n) is 10.9. The van der Waals surface area contributed by atoms with Crippen molar-refractivity contribution in [1.82, 2.24) is 14.8 Å². The van der Waals surface area contributed by atoms with Crippen molar-refractivity contribution in [2.45, 2.75) is 19.3 Å². The van der Waals surface area contributed by atoms with E-state index >= 15 is 0 Å². The number of aromatic nitrogens is 1. The van der Waals surface area contributed by atoms with Gasteiger partial charge in [0, 0.05) is 38.1 Å². The second-order valence-corrected chi connectivity index (χ2v) is 8.88. The van der Waals surface area contributed by atoms with Gasteiger partial charge in [-0.15, -0.1) is 11.3 Å². The lowest BCUT2D eigenvalue weighted by molar-refractivity contribution is -0.143. The summed E-state index contributed by atoms with van der Waals surface area (Å²) >= 11 is 1.55. The Balaban J connectivity index is 1.08. The molecule has 2 aliphatic rings. The van der Waals surface area contributed by atoms with Crippen LogP contribution in [0.25, 0.3) is 0 Å². The van der Waals surface area contributed by atoms with E-state index in [2.05, 4.69) is 9.88 Å². The smallest absolute Gasteiger partial charge is 0.267 e. The number of ether oxygens (including phenoxy) is 3. The zero-order valence-electron chi connectivity index (χ0n) is 18.0. The van der Waals surface area contributed by atoms with Crippen molar-refractivity contribution in [2.24, 2.45) is 0 Å². The molecule has 0 saturated carbocycles. The summed E-state index contributed by atoms with van der Waals surface area (Å²) in [6.45, 7) is 4.15. The molecule has 172 valence electrons. The van der Waals surface area contributed by atoms with Crippen molar-refractivity contribution in [3.05, 3.63) is 70.4 Å². The molecule has 0 N–H and O–H groups in total. The molecule has 3 heterocycles. The number of amides is 1. The van der Waals surface area contributed by atoms with Gasteiger partial charge in [0.2, 0.25) is 6.10 Å². The van der Waals surface area contributed by atoms with E-state index in [9.17, 15) is 9.18 Å². The van der Waals surface area contributed by atoms with Crippen LogP contribution >= 0.6 is 11.3 Å². The number of para-hydroxylation sites is 2. The molecule has 7 nitrogen and oxygen atoms in total. The van der Waals surface area contributed by atoms with Crippen LogP contribution in [-0.4, -0.2) is 59.6 Å². The maximum absolute atomic E-state index is 13.0. The Labute approximate surface area is 195 Å². The van der Waals surface area contributed by atoms with Crippen LogP contribution in [0.1, 0.15) is 10.7 Å². The highest BCUT2D eigenvalue weighted by Crippen LogP contribution is 2.31. The fraction of sp³-hybridized carbons (Fsp3) is 0.333. The number of hydrogen-bond acceptors (Lipinski definition) is 7. The number of piperazine rings is 1. The van der Waals surface area contributed by atoms with E-state index in [1.165, 1.54) is 12.1 Å². The molecule has 9 heteroatoms. The predicted molar refractivity (Wildman–Crippen MR) is 121 cm³/mol. The van der Waals surface area contributed by atoms with Gasteiger partial charge in [0.05, 0.1) is 5.69 Å². The third-order valence-corrected chi connectivity index (χ3v) is 6.50. The minimum Gasteiger partial charge on any atom is -0.486 e. The lowest BCUT2D eigenvalue weighted by Gasteiger charge is -2.36. The number of fused-ring (bicyclic) bond motifs is 1. The molecule has 0 radical (unpaired) electrons. The molecule has 1 atom stereocenters. The summed E-state index contributed by atoms with van der Waals surface area (Å²) < 4.78 is 30.2. The van der Waals surface area contributed by atoms with E-state index < -0.39 is 6.10 Å². The second-order valence-electron chi connectivity index (χ2n) is 7.94. The first kappa shape index (κ1) is 21.7. The Bertz CT molecular complexity index is 1100. The van der Waals surface area contributed by atoms with Gasteiger partial charge in [-0.3, -0.25) is 9.69 Å². The minimum absolute atomic E-state index is 0.0296. The standard InChI is InChI=1S/C24H24FN3O4S/c25-17-5-7-19(8-6-17)30-15-23-26-18(16-33-23)13-27-9-11-28(12-10-27)24(29)22-14-31-20-3-1-2-4-21(20)32-22/h1-8,16,22H,9-15H2. The highest BCUT2D eigenvalue weighted by Gasteiger charge is 2.32. The van der Waals surface area contributed by atoms with Crippen molar-refractivity contribution in [2.75, 3.05) is 32.8 Å². The second kappa shape index (κ2) is 9.76. The largest absolute Gasteiger partial charge is 0.486 e. The van der Waals surface area contributed by atoms with E-state index in [4.69, 9.17) is 14.2 Å². The molecule has 1 aromatic heterocycles. The summed E-state index contributed by atoms with van der Waals surface area (Å²) in [7, 11) is 0. The molecule has 33 heavy (non-hydrogen) atoms. The Kier molecular flexibility index (Phi) is 6.41. The molecule has 1 amide bonds. The van der Waals surface area contributed by atoms with E-state index in [1.54, 1.807) is 23.5 Å². The summed E-state index contributed by atoms with van der Waals surface area (Å²) in [5.41, 5.74) is 0.984. The minimum atomic E-state index is -0.603. The zero-order valence-corrected chi connectivity index (χ0v) is 18.8. The Morgan fingerprint density at radius 3 is 2.64 bits per heavy atom. The van der Waals surface area contributed by atoms with Crippen molar-refractivity contribution < 1.29 is 23.4 Å². The number of carbonyl (C=O) groups is 1. The van der Waals surface area contributed by atoms with Crippen LogP contribution < -0.4 is 14.2 Å². The van der Waals surface area contributed by atoms with Gasteiger partial charge in [0.15, 0.2) is 11.5 Å². The number of nitrogens with zero attached hydrogens (tertiary/aromatic N) is 3. The fourth-order valence-corrected chi connectivity index (χ4v) is 4.56. The van der Waals surface area contributed by atoms with E-state index in [1.807, 2.05) is 34.5 Å². The van der Waals surface area contributed by atoms with Gasteiger partial charge in [-0.05, 0) is 36.4 Å². The van der Waals surface area contributed by atoms with Gasteiger partial charge < -0.3 is 19.1 Å². The topological polar surface area (TPSA) is 64.1 Å². The Hall–Kier alpha value is -3.17. The molecular formula is C24H24FN3O4S. The van der Waals surface area contributed by atoms with Crippen molar-refractivity contribution in [3.8, 4) is 17.2 Å². The number of rotatable bonds is 6. The summed E-state index contributed by atoms with van der Waals surface area (Å²) in [5, 5.41) is 2.91. The molecule has 5 rings (SSSR count). The quantitative estimate of drug-likeness (QED) is 0.552. The summed E-state index contributed by atoms with van der Waals surface area (Å²) in [5.74, 6) is 1.59. The average molecular weight is 470 g/mol. The maximum Gasteiger partial charge on any atom is 0.267 e. The lowest BCUT2D eigenvalue weighted by atomic mass is 10.2. The van der Waals surface area contributed by atoms with Crippen LogP contribution in [0.3, 0.4) is 0 Å². The SMILES string of the molecule is O=C(C1COc2ccccc2O1)N1CCN(Cc2csc(COc3ccc(F)cc3)n2)CC1. The Morgan fingerprint density at radius 2 is 1.85 bits per heavy atom. The summed E-state index contributed by atoms with van der Waals surface area (Å²) in [6, 6.07) is 13.4. The van der Waals surface area contributed by atoms with Gasteiger partial charge in [-0.25, -0.2) is 9.37 Å². The fourth-order valence-electron chi connectivity index (χ4n) is 3.86. The normalized spacial score (nSPS) is 18.2. The lowest BCUT2D eigenvalue weighted by Crippen LogP contribution is -2.53. The molecule has 3 aromatic rings. The molecule has 1 saturated heterocycles. The number of thiazole rings is 1. The number of halogens is 1. The molecule has 0 spiro atoms. The molecule has 1 unspecified atom stereocenters. The van der Waals surface area contributed by atoms with Crippen LogP contribution in [0.15, 0.2) is 53.9 Å². The third kappa shape index (κ3) is 5.26. The van der Waals surface area contributed by atoms with Crippen molar-refractivity contribution in [1.29, 1.82) is 0 Å². The number of carbonyl (C=O) groups excluding carboxylic acids is 1. The van der Waals surface area contributed by atoms with Gasteiger partial charge in [-0.2, -0.15) is 0 Å². The molecule has 0 bridgehead atoms. The van der Waals surface area contributed by atoms with Crippen molar-refractivity contribution >= 4 is 17.2 Å². The highest BCUT2D eigenvalue weighted by atomic mass is 32.1. The van der Waals surface area contributed by atoms with Crippen molar-refractivity contribution in [3.63, 3.8) is 0 Å². The monoisotopic (exact) mass is 469 g/mol. The zero-order chi connectivity index (χ0) is 22.6. The van der Waals surface area contributed by atoms with Crippen LogP contribution in [0.4, 0.5) is 4.39 Å². The van der Waals surface area contributed by atoms with E-state index in [0.29, 0.717) is 36.9 Å². The Morgan fingerprint density at radius 1 is 1.09 bits per heavy atom. The molecule has 2 aliphatic heterocycles. The summed E-state index contributed by atoms with van der Waals surface area (Å²) in [4.78, 5) is 21.7. The summed E-state index contributed by atoms with van der Waals surface area (Å²) in [6.07, 6.45) is -0.603. The van der Waals surface area contributed by atoms with E-state index in [-0.39, 0.29) is 18.3 Å². The van der Waals surface area contributed by atoms with Gasteiger partial charge >= 0.3 is 0 Å². The average Bonchev–Trinajstić information content (AvgIpc) is 3.30. The maximum atomic E-state index is 13.0. The highest BCUT2D eigenvalue weighted by molar-refractivity contribution is 7.09. The van der Waals surface area contributed by atoms with Gasteiger partial charge in [0.25, 0.3) is 5.91 Å². The van der Waals surface area contributed by atoms with E-state index in [0.717, 1.165) is 30.3 Å².